The zero-order chi connectivity index (χ0) is 13.1. The molecular weight excluding hydrogens is 228 g/mol. The molecule has 0 aliphatic carbocycles. The van der Waals surface area contributed by atoms with Crippen LogP contribution in [0, 0.1) is 0 Å². The maximum atomic E-state index is 12.4. The monoisotopic (exact) mass is 254 g/mol. The largest absolute Gasteiger partial charge is 0.393 e. The molecule has 3 atom stereocenters. The summed E-state index contributed by atoms with van der Waals surface area (Å²) in [5, 5.41) is 9.54. The molecule has 4 heteroatoms. The van der Waals surface area contributed by atoms with Gasteiger partial charge in [0.05, 0.1) is 12.1 Å². The molecule has 2 saturated heterocycles. The van der Waals surface area contributed by atoms with Crippen molar-refractivity contribution in [2.45, 2.75) is 64.1 Å². The van der Waals surface area contributed by atoms with Crippen molar-refractivity contribution in [2.24, 2.45) is 0 Å². The minimum Gasteiger partial charge on any atom is -0.393 e. The van der Waals surface area contributed by atoms with Gasteiger partial charge in [-0.2, -0.15) is 0 Å². The Bertz CT molecular complexity index is 288. The molecule has 3 unspecified atom stereocenters. The summed E-state index contributed by atoms with van der Waals surface area (Å²) < 4.78 is 0. The first-order chi connectivity index (χ1) is 8.59. The van der Waals surface area contributed by atoms with Crippen molar-refractivity contribution in [3.05, 3.63) is 0 Å². The predicted molar refractivity (Wildman–Crippen MR) is 71.3 cm³/mol. The molecule has 0 radical (unpaired) electrons. The Morgan fingerprint density at radius 1 is 1.22 bits per heavy atom. The summed E-state index contributed by atoms with van der Waals surface area (Å²) in [4.78, 5) is 16.7. The summed E-state index contributed by atoms with van der Waals surface area (Å²) in [5.74, 6) is 0.282. The number of nitrogens with zero attached hydrogens (tertiary/aromatic N) is 2. The average molecular weight is 254 g/mol. The topological polar surface area (TPSA) is 43.8 Å². The number of aliphatic hydroxyl groups excluding tert-OH is 1. The van der Waals surface area contributed by atoms with E-state index in [0.29, 0.717) is 6.04 Å². The molecule has 1 N–H and O–H groups in total. The van der Waals surface area contributed by atoms with Crippen LogP contribution >= 0.6 is 0 Å². The fourth-order valence-corrected chi connectivity index (χ4v) is 3.36. The third-order valence-corrected chi connectivity index (χ3v) is 4.31. The highest BCUT2D eigenvalue weighted by molar-refractivity contribution is 5.81. The first-order valence-corrected chi connectivity index (χ1v) is 7.32. The number of amides is 1. The summed E-state index contributed by atoms with van der Waals surface area (Å²) in [5.41, 5.74) is 0. The number of carbonyl (C=O) groups is 1. The molecule has 0 aromatic rings. The molecule has 0 spiro atoms. The maximum Gasteiger partial charge on any atom is 0.239 e. The molecule has 104 valence electrons. The van der Waals surface area contributed by atoms with E-state index in [1.165, 1.54) is 0 Å². The average Bonchev–Trinajstić information content (AvgIpc) is 2.96. The molecule has 4 nitrogen and oxygen atoms in total. The Labute approximate surface area is 110 Å². The second-order valence-electron chi connectivity index (χ2n) is 5.83. The smallest absolute Gasteiger partial charge is 0.239 e. The first kappa shape index (κ1) is 13.8. The molecule has 0 saturated carbocycles. The maximum absolute atomic E-state index is 12.4. The number of aliphatic hydroxyl groups is 1. The van der Waals surface area contributed by atoms with Gasteiger partial charge in [0.25, 0.3) is 0 Å². The number of hydrogen-bond donors (Lipinski definition) is 1. The lowest BCUT2D eigenvalue weighted by Gasteiger charge is -2.32. The summed E-state index contributed by atoms with van der Waals surface area (Å²) in [6, 6.07) is 0.362. The van der Waals surface area contributed by atoms with Crippen molar-refractivity contribution in [3.8, 4) is 0 Å². The van der Waals surface area contributed by atoms with E-state index >= 15 is 0 Å². The summed E-state index contributed by atoms with van der Waals surface area (Å²) >= 11 is 0. The van der Waals surface area contributed by atoms with Crippen LogP contribution in [0.4, 0.5) is 0 Å². The number of carbonyl (C=O) groups excluding carboxylic acids is 1. The molecular formula is C14H26N2O2. The molecule has 0 bridgehead atoms. The van der Waals surface area contributed by atoms with Crippen molar-refractivity contribution in [2.75, 3.05) is 19.6 Å². The molecule has 1 amide bonds. The first-order valence-electron chi connectivity index (χ1n) is 7.32. The van der Waals surface area contributed by atoms with Crippen LogP contribution in [0.15, 0.2) is 0 Å². The summed E-state index contributed by atoms with van der Waals surface area (Å²) in [6.07, 6.45) is 5.07. The molecule has 0 aromatic heterocycles. The van der Waals surface area contributed by atoms with Gasteiger partial charge in [0.2, 0.25) is 5.91 Å². The van der Waals surface area contributed by atoms with Gasteiger partial charge in [-0.15, -0.1) is 0 Å². The normalized spacial score (nSPS) is 28.6. The second kappa shape index (κ2) is 6.02. The van der Waals surface area contributed by atoms with E-state index in [2.05, 4.69) is 4.90 Å². The van der Waals surface area contributed by atoms with Crippen LogP contribution in [0.1, 0.15) is 46.0 Å². The van der Waals surface area contributed by atoms with Gasteiger partial charge in [-0.1, -0.05) is 0 Å². The summed E-state index contributed by atoms with van der Waals surface area (Å²) in [7, 11) is 0. The highest BCUT2D eigenvalue weighted by Gasteiger charge is 2.34. The Morgan fingerprint density at radius 2 is 1.89 bits per heavy atom. The molecule has 18 heavy (non-hydrogen) atoms. The van der Waals surface area contributed by atoms with Crippen LogP contribution in [-0.4, -0.2) is 58.6 Å². The molecule has 2 aliphatic heterocycles. The minimum absolute atomic E-state index is 0.0191. The van der Waals surface area contributed by atoms with Gasteiger partial charge in [0, 0.05) is 19.1 Å². The van der Waals surface area contributed by atoms with Crippen LogP contribution in [-0.2, 0) is 4.79 Å². The number of hydrogen-bond acceptors (Lipinski definition) is 3. The quantitative estimate of drug-likeness (QED) is 0.820. The Hall–Kier alpha value is -0.610. The van der Waals surface area contributed by atoms with E-state index in [4.69, 9.17) is 0 Å². The fraction of sp³-hybridized carbons (Fsp3) is 0.929. The van der Waals surface area contributed by atoms with Gasteiger partial charge in [-0.05, 0) is 52.5 Å². The van der Waals surface area contributed by atoms with Crippen LogP contribution in [0.5, 0.6) is 0 Å². The number of likely N-dealkylation sites (tertiary alicyclic amines) is 2. The van der Waals surface area contributed by atoms with Crippen molar-refractivity contribution in [3.63, 3.8) is 0 Å². The van der Waals surface area contributed by atoms with Crippen molar-refractivity contribution in [1.82, 2.24) is 9.80 Å². The molecule has 2 heterocycles. The van der Waals surface area contributed by atoms with E-state index in [9.17, 15) is 9.90 Å². The van der Waals surface area contributed by atoms with Crippen LogP contribution < -0.4 is 0 Å². The van der Waals surface area contributed by atoms with Gasteiger partial charge in [-0.25, -0.2) is 0 Å². The second-order valence-corrected chi connectivity index (χ2v) is 5.83. The number of rotatable bonds is 4. The van der Waals surface area contributed by atoms with E-state index in [1.807, 2.05) is 18.7 Å². The Morgan fingerprint density at radius 3 is 2.50 bits per heavy atom. The minimum atomic E-state index is -0.273. The standard InChI is InChI=1S/C14H26N2O2/c1-11(17)10-13-6-5-9-16(13)12(2)14(18)15-7-3-4-8-15/h11-13,17H,3-10H2,1-2H3. The molecule has 2 fully saturated rings. The van der Waals surface area contributed by atoms with E-state index < -0.39 is 0 Å². The molecule has 2 rings (SSSR count). The lowest BCUT2D eigenvalue weighted by atomic mass is 10.1. The van der Waals surface area contributed by atoms with Crippen LogP contribution in [0.2, 0.25) is 0 Å². The zero-order valence-electron chi connectivity index (χ0n) is 11.6. The third kappa shape index (κ3) is 3.04. The SMILES string of the molecule is CC(O)CC1CCCN1C(C)C(=O)N1CCCC1. The van der Waals surface area contributed by atoms with Gasteiger partial charge in [0.1, 0.15) is 0 Å². The van der Waals surface area contributed by atoms with Gasteiger partial charge < -0.3 is 10.0 Å². The van der Waals surface area contributed by atoms with E-state index in [1.54, 1.807) is 0 Å². The molecule has 2 aliphatic rings. The lowest BCUT2D eigenvalue weighted by Crippen LogP contribution is -2.48. The summed E-state index contributed by atoms with van der Waals surface area (Å²) in [6.45, 7) is 6.72. The fourth-order valence-electron chi connectivity index (χ4n) is 3.36. The van der Waals surface area contributed by atoms with Crippen LogP contribution in [0.25, 0.3) is 0 Å². The highest BCUT2D eigenvalue weighted by atomic mass is 16.3. The predicted octanol–water partition coefficient (Wildman–Crippen LogP) is 1.23. The van der Waals surface area contributed by atoms with Crippen molar-refractivity contribution >= 4 is 5.91 Å². The Balaban J connectivity index is 1.94. The molecule has 0 aromatic carbocycles. The Kier molecular flexibility index (Phi) is 4.62. The van der Waals surface area contributed by atoms with Crippen LogP contribution in [0.3, 0.4) is 0 Å². The van der Waals surface area contributed by atoms with Gasteiger partial charge in [0.15, 0.2) is 0 Å². The van der Waals surface area contributed by atoms with Crippen molar-refractivity contribution in [1.29, 1.82) is 0 Å². The third-order valence-electron chi connectivity index (χ3n) is 4.31. The van der Waals surface area contributed by atoms with Gasteiger partial charge >= 0.3 is 0 Å². The zero-order valence-corrected chi connectivity index (χ0v) is 11.6. The highest BCUT2D eigenvalue weighted by Crippen LogP contribution is 2.25. The van der Waals surface area contributed by atoms with Gasteiger partial charge in [-0.3, -0.25) is 9.69 Å². The van der Waals surface area contributed by atoms with E-state index in [0.717, 1.165) is 51.7 Å². The van der Waals surface area contributed by atoms with E-state index in [-0.39, 0.29) is 18.1 Å². The lowest BCUT2D eigenvalue weighted by molar-refractivity contribution is -0.135. The van der Waals surface area contributed by atoms with Crippen molar-refractivity contribution < 1.29 is 9.90 Å².